The first kappa shape index (κ1) is 8.58. The zero-order valence-corrected chi connectivity index (χ0v) is 7.91. The van der Waals surface area contributed by atoms with Crippen molar-refractivity contribution in [1.29, 1.82) is 5.26 Å². The molecule has 68 valence electrons. The Bertz CT molecular complexity index is 509. The summed E-state index contributed by atoms with van der Waals surface area (Å²) in [5.41, 5.74) is 1.78. The first-order chi connectivity index (χ1) is 6.86. The molecule has 0 radical (unpaired) electrons. The summed E-state index contributed by atoms with van der Waals surface area (Å²) in [6.45, 7) is 0. The van der Waals surface area contributed by atoms with Crippen molar-refractivity contribution in [1.82, 2.24) is 0 Å². The summed E-state index contributed by atoms with van der Waals surface area (Å²) >= 11 is 0. The van der Waals surface area contributed by atoms with Crippen LogP contribution in [0.15, 0.2) is 36.4 Å². The molecular weight excluding hydrogens is 172 g/mol. The molecule has 2 heteroatoms. The van der Waals surface area contributed by atoms with Crippen molar-refractivity contribution in [3.05, 3.63) is 42.0 Å². The Morgan fingerprint density at radius 3 is 2.43 bits per heavy atom. The molecule has 0 fully saturated rings. The summed E-state index contributed by atoms with van der Waals surface area (Å²) in [7, 11) is 1.88. The first-order valence-electron chi connectivity index (χ1n) is 4.46. The van der Waals surface area contributed by atoms with Crippen LogP contribution in [-0.4, -0.2) is 7.05 Å². The minimum atomic E-state index is 0.722. The second-order valence-corrected chi connectivity index (χ2v) is 3.07. The fraction of sp³-hybridized carbons (Fsp3) is 0.0833. The van der Waals surface area contributed by atoms with E-state index < -0.39 is 0 Å². The highest BCUT2D eigenvalue weighted by Crippen LogP contribution is 2.25. The molecule has 0 aliphatic heterocycles. The summed E-state index contributed by atoms with van der Waals surface area (Å²) in [5, 5.41) is 14.1. The van der Waals surface area contributed by atoms with Gasteiger partial charge in [0, 0.05) is 23.5 Å². The third-order valence-corrected chi connectivity index (χ3v) is 2.31. The van der Waals surface area contributed by atoms with Crippen molar-refractivity contribution >= 4 is 16.5 Å². The van der Waals surface area contributed by atoms with Crippen molar-refractivity contribution in [3.8, 4) is 6.07 Å². The molecular formula is C12H10N2. The fourth-order valence-corrected chi connectivity index (χ4v) is 1.61. The Kier molecular flexibility index (Phi) is 2.08. The van der Waals surface area contributed by atoms with Gasteiger partial charge in [-0.1, -0.05) is 24.3 Å². The molecule has 0 bridgehead atoms. The van der Waals surface area contributed by atoms with Gasteiger partial charge >= 0.3 is 0 Å². The Balaban J connectivity index is 2.87. The summed E-state index contributed by atoms with van der Waals surface area (Å²) < 4.78 is 0. The molecule has 0 amide bonds. The number of fused-ring (bicyclic) bond motifs is 1. The number of benzene rings is 2. The van der Waals surface area contributed by atoms with Crippen molar-refractivity contribution in [3.63, 3.8) is 0 Å². The van der Waals surface area contributed by atoms with Crippen LogP contribution < -0.4 is 5.32 Å². The second kappa shape index (κ2) is 3.39. The number of nitriles is 1. The van der Waals surface area contributed by atoms with Gasteiger partial charge in [-0.15, -0.1) is 0 Å². The monoisotopic (exact) mass is 182 g/mol. The van der Waals surface area contributed by atoms with E-state index >= 15 is 0 Å². The average molecular weight is 182 g/mol. The standard InChI is InChI=1S/C12H10N2/c1-14-12-7-6-9(8-13)10-4-2-3-5-11(10)12/h2-7,14H,1H3. The van der Waals surface area contributed by atoms with Crippen molar-refractivity contribution in [2.45, 2.75) is 0 Å². The van der Waals surface area contributed by atoms with Gasteiger partial charge in [0.05, 0.1) is 11.6 Å². The molecule has 0 aliphatic rings. The van der Waals surface area contributed by atoms with Gasteiger partial charge in [-0.3, -0.25) is 0 Å². The van der Waals surface area contributed by atoms with Crippen LogP contribution in [-0.2, 0) is 0 Å². The number of nitrogens with one attached hydrogen (secondary N) is 1. The van der Waals surface area contributed by atoms with Crippen LogP contribution in [0, 0.1) is 11.3 Å². The molecule has 0 spiro atoms. The predicted molar refractivity (Wildman–Crippen MR) is 58.2 cm³/mol. The van der Waals surface area contributed by atoms with E-state index in [1.54, 1.807) is 0 Å². The van der Waals surface area contributed by atoms with Gasteiger partial charge in [-0.25, -0.2) is 0 Å². The SMILES string of the molecule is CNc1ccc(C#N)c2ccccc12. The van der Waals surface area contributed by atoms with E-state index in [1.165, 1.54) is 0 Å². The second-order valence-electron chi connectivity index (χ2n) is 3.07. The maximum atomic E-state index is 8.93. The van der Waals surface area contributed by atoms with Gasteiger partial charge in [-0.2, -0.15) is 5.26 Å². The van der Waals surface area contributed by atoms with Crippen LogP contribution in [0.1, 0.15) is 5.56 Å². The molecule has 0 heterocycles. The minimum Gasteiger partial charge on any atom is -0.388 e. The topological polar surface area (TPSA) is 35.8 Å². The van der Waals surface area contributed by atoms with E-state index in [2.05, 4.69) is 11.4 Å². The Hall–Kier alpha value is -2.01. The molecule has 0 aromatic heterocycles. The fourth-order valence-electron chi connectivity index (χ4n) is 1.61. The van der Waals surface area contributed by atoms with Crippen molar-refractivity contribution < 1.29 is 0 Å². The van der Waals surface area contributed by atoms with Gasteiger partial charge in [-0.05, 0) is 12.1 Å². The molecule has 14 heavy (non-hydrogen) atoms. The van der Waals surface area contributed by atoms with Gasteiger partial charge in [0.1, 0.15) is 0 Å². The quantitative estimate of drug-likeness (QED) is 0.736. The number of nitrogens with zero attached hydrogens (tertiary/aromatic N) is 1. The van der Waals surface area contributed by atoms with Crippen LogP contribution in [0.25, 0.3) is 10.8 Å². The van der Waals surface area contributed by atoms with Crippen LogP contribution >= 0.6 is 0 Å². The van der Waals surface area contributed by atoms with Crippen molar-refractivity contribution in [2.75, 3.05) is 12.4 Å². The van der Waals surface area contributed by atoms with E-state index in [1.807, 2.05) is 43.4 Å². The minimum absolute atomic E-state index is 0.722. The molecule has 2 nitrogen and oxygen atoms in total. The van der Waals surface area contributed by atoms with Gasteiger partial charge in [0.2, 0.25) is 0 Å². The highest BCUT2D eigenvalue weighted by Gasteiger charge is 2.02. The highest BCUT2D eigenvalue weighted by molar-refractivity contribution is 5.97. The normalized spacial score (nSPS) is 9.71. The lowest BCUT2D eigenvalue weighted by atomic mass is 10.0. The summed E-state index contributed by atoms with van der Waals surface area (Å²) in [4.78, 5) is 0. The molecule has 0 saturated heterocycles. The average Bonchev–Trinajstić information content (AvgIpc) is 2.27. The van der Waals surface area contributed by atoms with Crippen molar-refractivity contribution in [2.24, 2.45) is 0 Å². The van der Waals surface area contributed by atoms with E-state index in [0.29, 0.717) is 0 Å². The van der Waals surface area contributed by atoms with E-state index in [0.717, 1.165) is 22.0 Å². The highest BCUT2D eigenvalue weighted by atomic mass is 14.8. The Labute approximate surface area is 82.8 Å². The van der Waals surface area contributed by atoms with Crippen LogP contribution in [0.2, 0.25) is 0 Å². The molecule has 0 unspecified atom stereocenters. The Morgan fingerprint density at radius 2 is 1.79 bits per heavy atom. The molecule has 0 atom stereocenters. The summed E-state index contributed by atoms with van der Waals surface area (Å²) in [5.74, 6) is 0. The van der Waals surface area contributed by atoms with Gasteiger partial charge in [0.25, 0.3) is 0 Å². The lowest BCUT2D eigenvalue weighted by molar-refractivity contribution is 1.49. The third kappa shape index (κ3) is 1.20. The number of anilines is 1. The Morgan fingerprint density at radius 1 is 1.07 bits per heavy atom. The van der Waals surface area contributed by atoms with Gasteiger partial charge < -0.3 is 5.32 Å². The number of rotatable bonds is 1. The summed E-state index contributed by atoms with van der Waals surface area (Å²) in [6.07, 6.45) is 0. The predicted octanol–water partition coefficient (Wildman–Crippen LogP) is 2.75. The number of hydrogen-bond donors (Lipinski definition) is 1. The van der Waals surface area contributed by atoms with E-state index in [-0.39, 0.29) is 0 Å². The molecule has 2 aromatic carbocycles. The summed E-state index contributed by atoms with van der Waals surface area (Å²) in [6, 6.07) is 13.9. The number of hydrogen-bond acceptors (Lipinski definition) is 2. The van der Waals surface area contributed by atoms with Gasteiger partial charge in [0.15, 0.2) is 0 Å². The molecule has 1 N–H and O–H groups in total. The zero-order chi connectivity index (χ0) is 9.97. The largest absolute Gasteiger partial charge is 0.388 e. The maximum Gasteiger partial charge on any atom is 0.0998 e. The third-order valence-electron chi connectivity index (χ3n) is 2.31. The maximum absolute atomic E-state index is 8.93. The first-order valence-corrected chi connectivity index (χ1v) is 4.46. The molecule has 0 aliphatic carbocycles. The lowest BCUT2D eigenvalue weighted by Gasteiger charge is -2.06. The molecule has 0 saturated carbocycles. The van der Waals surface area contributed by atoms with Crippen LogP contribution in [0.4, 0.5) is 5.69 Å². The molecule has 2 aromatic rings. The van der Waals surface area contributed by atoms with Crippen LogP contribution in [0.3, 0.4) is 0 Å². The lowest BCUT2D eigenvalue weighted by Crippen LogP contribution is -1.90. The smallest absolute Gasteiger partial charge is 0.0998 e. The molecule has 2 rings (SSSR count). The van der Waals surface area contributed by atoms with E-state index in [9.17, 15) is 0 Å². The van der Waals surface area contributed by atoms with E-state index in [4.69, 9.17) is 5.26 Å². The zero-order valence-electron chi connectivity index (χ0n) is 7.91. The van der Waals surface area contributed by atoms with Crippen LogP contribution in [0.5, 0.6) is 0 Å².